The number of hydrogen-bond donors (Lipinski definition) is 3. The first-order valence-corrected chi connectivity index (χ1v) is 5.50. The third-order valence-corrected chi connectivity index (χ3v) is 2.64. The highest BCUT2D eigenvalue weighted by molar-refractivity contribution is 4.87. The average molecular weight is 232 g/mol. The third-order valence-electron chi connectivity index (χ3n) is 2.64. The molecule has 2 unspecified atom stereocenters. The van der Waals surface area contributed by atoms with E-state index in [4.69, 9.17) is 9.47 Å². The molecule has 0 aromatic rings. The van der Waals surface area contributed by atoms with E-state index in [1.165, 1.54) is 0 Å². The summed E-state index contributed by atoms with van der Waals surface area (Å²) < 4.78 is 10.5. The van der Waals surface area contributed by atoms with Crippen LogP contribution in [0, 0.1) is 0 Å². The maximum absolute atomic E-state index is 9.60. The van der Waals surface area contributed by atoms with E-state index in [0.717, 1.165) is 12.8 Å². The maximum atomic E-state index is 9.60. The van der Waals surface area contributed by atoms with Gasteiger partial charge in [-0.15, -0.1) is 6.58 Å². The number of aliphatic hydroxyl groups excluding tert-OH is 3. The van der Waals surface area contributed by atoms with Gasteiger partial charge in [0.05, 0.1) is 12.7 Å². The van der Waals surface area contributed by atoms with Gasteiger partial charge in [0.2, 0.25) is 0 Å². The first-order valence-electron chi connectivity index (χ1n) is 5.50. The van der Waals surface area contributed by atoms with Crippen LogP contribution in [0.3, 0.4) is 0 Å². The highest BCUT2D eigenvalue weighted by Gasteiger charge is 2.42. The van der Waals surface area contributed by atoms with Crippen molar-refractivity contribution in [3.63, 3.8) is 0 Å². The number of unbranched alkanes of at least 4 members (excludes halogenated alkanes) is 1. The molecule has 0 aromatic heterocycles. The van der Waals surface area contributed by atoms with Gasteiger partial charge in [0, 0.05) is 0 Å². The van der Waals surface area contributed by atoms with E-state index < -0.39 is 30.7 Å². The molecule has 0 spiro atoms. The van der Waals surface area contributed by atoms with Gasteiger partial charge in [-0.25, -0.2) is 0 Å². The number of ether oxygens (including phenoxy) is 2. The lowest BCUT2D eigenvalue weighted by molar-refractivity contribution is -0.293. The molecule has 1 aliphatic heterocycles. The molecular weight excluding hydrogens is 212 g/mol. The van der Waals surface area contributed by atoms with Gasteiger partial charge in [-0.05, 0) is 19.8 Å². The van der Waals surface area contributed by atoms with Crippen LogP contribution in [0.15, 0.2) is 12.7 Å². The summed E-state index contributed by atoms with van der Waals surface area (Å²) in [7, 11) is 0. The van der Waals surface area contributed by atoms with Crippen LogP contribution in [0.1, 0.15) is 19.8 Å². The molecule has 0 bridgehead atoms. The summed E-state index contributed by atoms with van der Waals surface area (Å²) in [5.41, 5.74) is 0. The Morgan fingerprint density at radius 1 is 1.25 bits per heavy atom. The highest BCUT2D eigenvalue weighted by Crippen LogP contribution is 2.21. The van der Waals surface area contributed by atoms with Crippen LogP contribution in [0.2, 0.25) is 0 Å². The molecule has 94 valence electrons. The Morgan fingerprint density at radius 2 is 1.94 bits per heavy atom. The molecule has 0 radical (unpaired) electrons. The molecule has 5 atom stereocenters. The lowest BCUT2D eigenvalue weighted by Crippen LogP contribution is -2.57. The molecule has 1 aliphatic rings. The van der Waals surface area contributed by atoms with Gasteiger partial charge in [-0.3, -0.25) is 0 Å². The van der Waals surface area contributed by atoms with Crippen LogP contribution in [0.25, 0.3) is 0 Å². The van der Waals surface area contributed by atoms with Gasteiger partial charge in [-0.1, -0.05) is 6.08 Å². The van der Waals surface area contributed by atoms with Crippen molar-refractivity contribution in [3.8, 4) is 0 Å². The Labute approximate surface area is 95.3 Å². The summed E-state index contributed by atoms with van der Waals surface area (Å²) in [5, 5.41) is 28.6. The second-order valence-corrected chi connectivity index (χ2v) is 3.98. The summed E-state index contributed by atoms with van der Waals surface area (Å²) in [5.74, 6) is 0. The fraction of sp³-hybridized carbons (Fsp3) is 0.818. The van der Waals surface area contributed by atoms with Crippen molar-refractivity contribution in [2.75, 3.05) is 6.61 Å². The number of rotatable bonds is 5. The molecule has 1 saturated heterocycles. The number of aliphatic hydroxyl groups is 3. The molecule has 5 nitrogen and oxygen atoms in total. The SMILES string of the molecule is C=CCCCO[C@@H]1OC(C)[C@H](O)[C@H](O)C1O. The van der Waals surface area contributed by atoms with Gasteiger partial charge >= 0.3 is 0 Å². The smallest absolute Gasteiger partial charge is 0.186 e. The van der Waals surface area contributed by atoms with Gasteiger partial charge in [-0.2, -0.15) is 0 Å². The van der Waals surface area contributed by atoms with Crippen LogP contribution in [-0.4, -0.2) is 52.6 Å². The second-order valence-electron chi connectivity index (χ2n) is 3.98. The normalized spacial score (nSPS) is 39.6. The zero-order valence-corrected chi connectivity index (χ0v) is 9.45. The fourth-order valence-electron chi connectivity index (χ4n) is 1.58. The Hall–Kier alpha value is -0.460. The number of allylic oxidation sites excluding steroid dienone is 1. The van der Waals surface area contributed by atoms with Crippen LogP contribution in [0.4, 0.5) is 0 Å². The predicted octanol–water partition coefficient (Wildman–Crippen LogP) is -0.203. The van der Waals surface area contributed by atoms with Crippen molar-refractivity contribution in [3.05, 3.63) is 12.7 Å². The quantitative estimate of drug-likeness (QED) is 0.452. The monoisotopic (exact) mass is 232 g/mol. The Balaban J connectivity index is 2.38. The first kappa shape index (κ1) is 13.6. The maximum Gasteiger partial charge on any atom is 0.186 e. The summed E-state index contributed by atoms with van der Waals surface area (Å²) in [4.78, 5) is 0. The molecule has 1 rings (SSSR count). The van der Waals surface area contributed by atoms with E-state index in [2.05, 4.69) is 6.58 Å². The minimum absolute atomic E-state index is 0.420. The molecule has 0 amide bonds. The fourth-order valence-corrected chi connectivity index (χ4v) is 1.58. The lowest BCUT2D eigenvalue weighted by atomic mass is 10.0. The Kier molecular flexibility index (Phi) is 5.37. The zero-order valence-electron chi connectivity index (χ0n) is 9.45. The van der Waals surface area contributed by atoms with Crippen LogP contribution < -0.4 is 0 Å². The highest BCUT2D eigenvalue weighted by atomic mass is 16.7. The van der Waals surface area contributed by atoms with E-state index in [-0.39, 0.29) is 0 Å². The minimum atomic E-state index is -1.23. The summed E-state index contributed by atoms with van der Waals surface area (Å²) in [6, 6.07) is 0. The van der Waals surface area contributed by atoms with E-state index in [1.807, 2.05) is 0 Å². The van der Waals surface area contributed by atoms with Gasteiger partial charge in [0.15, 0.2) is 6.29 Å². The summed E-state index contributed by atoms with van der Waals surface area (Å²) >= 11 is 0. The molecule has 16 heavy (non-hydrogen) atoms. The molecular formula is C11H20O5. The van der Waals surface area contributed by atoms with E-state index in [0.29, 0.717) is 6.61 Å². The molecule has 3 N–H and O–H groups in total. The largest absolute Gasteiger partial charge is 0.388 e. The number of hydrogen-bond acceptors (Lipinski definition) is 5. The summed E-state index contributed by atoms with van der Waals surface area (Å²) in [6.07, 6.45) is -1.57. The van der Waals surface area contributed by atoms with Crippen molar-refractivity contribution in [2.45, 2.75) is 50.5 Å². The van der Waals surface area contributed by atoms with Crippen molar-refractivity contribution >= 4 is 0 Å². The predicted molar refractivity (Wildman–Crippen MR) is 57.7 cm³/mol. The van der Waals surface area contributed by atoms with E-state index in [9.17, 15) is 15.3 Å². The molecule has 1 fully saturated rings. The molecule has 0 saturated carbocycles. The Morgan fingerprint density at radius 3 is 2.56 bits per heavy atom. The van der Waals surface area contributed by atoms with Crippen molar-refractivity contribution in [1.82, 2.24) is 0 Å². The van der Waals surface area contributed by atoms with Gasteiger partial charge in [0.25, 0.3) is 0 Å². The van der Waals surface area contributed by atoms with Crippen molar-refractivity contribution in [2.24, 2.45) is 0 Å². The van der Waals surface area contributed by atoms with Crippen molar-refractivity contribution in [1.29, 1.82) is 0 Å². The topological polar surface area (TPSA) is 79.2 Å². The van der Waals surface area contributed by atoms with Crippen molar-refractivity contribution < 1.29 is 24.8 Å². The lowest BCUT2D eigenvalue weighted by Gasteiger charge is -2.38. The van der Waals surface area contributed by atoms with Gasteiger partial charge in [0.1, 0.15) is 18.3 Å². The average Bonchev–Trinajstić information content (AvgIpc) is 2.28. The van der Waals surface area contributed by atoms with Gasteiger partial charge < -0.3 is 24.8 Å². The second kappa shape index (κ2) is 6.32. The molecule has 0 aromatic carbocycles. The van der Waals surface area contributed by atoms with Crippen LogP contribution in [0.5, 0.6) is 0 Å². The first-order chi connectivity index (χ1) is 7.57. The van der Waals surface area contributed by atoms with Crippen LogP contribution in [-0.2, 0) is 9.47 Å². The third kappa shape index (κ3) is 3.26. The van der Waals surface area contributed by atoms with E-state index >= 15 is 0 Å². The molecule has 0 aliphatic carbocycles. The van der Waals surface area contributed by atoms with E-state index in [1.54, 1.807) is 13.0 Å². The summed E-state index contributed by atoms with van der Waals surface area (Å²) in [6.45, 7) is 5.63. The molecule has 1 heterocycles. The Bertz CT molecular complexity index is 220. The zero-order chi connectivity index (χ0) is 12.1. The molecule has 5 heteroatoms. The standard InChI is InChI=1S/C11H20O5/c1-3-4-5-6-15-11-10(14)9(13)8(12)7(2)16-11/h3,7-14H,1,4-6H2,2H3/t7?,8-,9-,10?,11+/m0/s1. The van der Waals surface area contributed by atoms with Crippen LogP contribution >= 0.6 is 0 Å². The minimum Gasteiger partial charge on any atom is -0.388 e.